The predicted molar refractivity (Wildman–Crippen MR) is 62.2 cm³/mol. The molecule has 1 aromatic carbocycles. The molecule has 1 saturated heterocycles. The number of morpholine rings is 1. The Kier molecular flexibility index (Phi) is 3.74. The molecule has 1 amide bonds. The summed E-state index contributed by atoms with van der Waals surface area (Å²) in [5, 5.41) is 0. The quantitative estimate of drug-likeness (QED) is 0.780. The van der Waals surface area contributed by atoms with Gasteiger partial charge in [0.15, 0.2) is 0 Å². The van der Waals surface area contributed by atoms with Crippen LogP contribution in [0.5, 0.6) is 0 Å². The average Bonchev–Trinajstić information content (AvgIpc) is 2.34. The van der Waals surface area contributed by atoms with Crippen molar-refractivity contribution in [2.45, 2.75) is 13.3 Å². The summed E-state index contributed by atoms with van der Waals surface area (Å²) in [6.45, 7) is 4.18. The predicted octanol–water partition coefficient (Wildman–Crippen LogP) is 1.54. The molecule has 0 aromatic heterocycles. The van der Waals surface area contributed by atoms with E-state index in [2.05, 4.69) is 0 Å². The Morgan fingerprint density at radius 3 is 2.76 bits per heavy atom. The molecule has 1 fully saturated rings. The number of benzene rings is 1. The highest BCUT2D eigenvalue weighted by Crippen LogP contribution is 2.12. The first-order valence-electron chi connectivity index (χ1n) is 5.77. The maximum absolute atomic E-state index is 13.6. The molecular weight excluding hydrogens is 221 g/mol. The minimum Gasteiger partial charge on any atom is -0.378 e. The lowest BCUT2D eigenvalue weighted by molar-refractivity contribution is -0.134. The van der Waals surface area contributed by atoms with Crippen molar-refractivity contribution < 1.29 is 13.9 Å². The van der Waals surface area contributed by atoms with Gasteiger partial charge in [0.05, 0.1) is 19.6 Å². The number of hydrogen-bond acceptors (Lipinski definition) is 2. The molecule has 1 aromatic rings. The maximum atomic E-state index is 13.6. The van der Waals surface area contributed by atoms with Crippen LogP contribution in [0.2, 0.25) is 0 Å². The lowest BCUT2D eigenvalue weighted by Gasteiger charge is -2.26. The van der Waals surface area contributed by atoms with E-state index in [-0.39, 0.29) is 18.1 Å². The highest BCUT2D eigenvalue weighted by Gasteiger charge is 2.18. The molecule has 0 spiro atoms. The summed E-state index contributed by atoms with van der Waals surface area (Å²) in [6.07, 6.45) is 0.131. The van der Waals surface area contributed by atoms with Crippen LogP contribution in [0.15, 0.2) is 18.2 Å². The van der Waals surface area contributed by atoms with Gasteiger partial charge in [-0.25, -0.2) is 4.39 Å². The third-order valence-electron chi connectivity index (χ3n) is 2.91. The second-order valence-corrected chi connectivity index (χ2v) is 4.26. The number of halogens is 1. The van der Waals surface area contributed by atoms with Crippen molar-refractivity contribution in [3.8, 4) is 0 Å². The van der Waals surface area contributed by atoms with Crippen LogP contribution in [-0.4, -0.2) is 37.1 Å². The molecule has 1 aliphatic heterocycles. The zero-order chi connectivity index (χ0) is 12.3. The first-order valence-corrected chi connectivity index (χ1v) is 5.77. The Labute approximate surface area is 100 Å². The van der Waals surface area contributed by atoms with Crippen LogP contribution in [0, 0.1) is 12.7 Å². The smallest absolute Gasteiger partial charge is 0.227 e. The average molecular weight is 237 g/mol. The Morgan fingerprint density at radius 1 is 1.41 bits per heavy atom. The number of ether oxygens (including phenoxy) is 1. The van der Waals surface area contributed by atoms with Crippen LogP contribution in [-0.2, 0) is 16.0 Å². The van der Waals surface area contributed by atoms with E-state index in [1.54, 1.807) is 11.0 Å². The number of carbonyl (C=O) groups excluding carboxylic acids is 1. The summed E-state index contributed by atoms with van der Waals surface area (Å²) in [5.74, 6) is -0.331. The molecule has 0 bridgehead atoms. The number of aryl methyl sites for hydroxylation is 1. The van der Waals surface area contributed by atoms with Crippen LogP contribution < -0.4 is 0 Å². The van der Waals surface area contributed by atoms with Gasteiger partial charge in [0.25, 0.3) is 0 Å². The van der Waals surface area contributed by atoms with E-state index >= 15 is 0 Å². The van der Waals surface area contributed by atoms with Gasteiger partial charge in [0.1, 0.15) is 5.82 Å². The van der Waals surface area contributed by atoms with Crippen molar-refractivity contribution in [2.75, 3.05) is 26.3 Å². The summed E-state index contributed by atoms with van der Waals surface area (Å²) >= 11 is 0. The maximum Gasteiger partial charge on any atom is 0.227 e. The normalized spacial score (nSPS) is 16.0. The lowest BCUT2D eigenvalue weighted by atomic mass is 10.1. The highest BCUT2D eigenvalue weighted by atomic mass is 19.1. The van der Waals surface area contributed by atoms with Gasteiger partial charge >= 0.3 is 0 Å². The zero-order valence-electron chi connectivity index (χ0n) is 9.91. The minimum atomic E-state index is -0.299. The van der Waals surface area contributed by atoms with Crippen molar-refractivity contribution in [1.82, 2.24) is 4.90 Å². The van der Waals surface area contributed by atoms with E-state index in [1.807, 2.05) is 13.0 Å². The second-order valence-electron chi connectivity index (χ2n) is 4.26. The number of hydrogen-bond donors (Lipinski definition) is 0. The Balaban J connectivity index is 2.02. The van der Waals surface area contributed by atoms with Crippen LogP contribution >= 0.6 is 0 Å². The van der Waals surface area contributed by atoms with Gasteiger partial charge in [0.2, 0.25) is 5.91 Å². The number of nitrogens with zero attached hydrogens (tertiary/aromatic N) is 1. The molecule has 17 heavy (non-hydrogen) atoms. The van der Waals surface area contributed by atoms with Crippen molar-refractivity contribution in [3.05, 3.63) is 35.1 Å². The third-order valence-corrected chi connectivity index (χ3v) is 2.91. The molecule has 0 N–H and O–H groups in total. The summed E-state index contributed by atoms with van der Waals surface area (Å²) in [4.78, 5) is 13.6. The van der Waals surface area contributed by atoms with Gasteiger partial charge in [-0.15, -0.1) is 0 Å². The first-order chi connectivity index (χ1) is 8.16. The number of rotatable bonds is 2. The fourth-order valence-electron chi connectivity index (χ4n) is 1.88. The van der Waals surface area contributed by atoms with Crippen molar-refractivity contribution in [2.24, 2.45) is 0 Å². The molecule has 0 aliphatic carbocycles. The third kappa shape index (κ3) is 3.03. The van der Waals surface area contributed by atoms with Gasteiger partial charge in [-0.2, -0.15) is 0 Å². The van der Waals surface area contributed by atoms with Crippen LogP contribution in [0.1, 0.15) is 11.1 Å². The molecule has 0 unspecified atom stereocenters. The van der Waals surface area contributed by atoms with E-state index in [9.17, 15) is 9.18 Å². The topological polar surface area (TPSA) is 29.5 Å². The van der Waals surface area contributed by atoms with Crippen LogP contribution in [0.25, 0.3) is 0 Å². The minimum absolute atomic E-state index is 0.0314. The summed E-state index contributed by atoms with van der Waals surface area (Å²) in [5.41, 5.74) is 1.33. The van der Waals surface area contributed by atoms with Crippen molar-refractivity contribution in [1.29, 1.82) is 0 Å². The van der Waals surface area contributed by atoms with Crippen LogP contribution in [0.3, 0.4) is 0 Å². The molecule has 92 valence electrons. The molecule has 4 heteroatoms. The lowest BCUT2D eigenvalue weighted by Crippen LogP contribution is -2.41. The monoisotopic (exact) mass is 237 g/mol. The largest absolute Gasteiger partial charge is 0.378 e. The molecule has 0 saturated carbocycles. The van der Waals surface area contributed by atoms with E-state index in [1.165, 1.54) is 6.07 Å². The molecule has 2 rings (SSSR count). The Bertz CT molecular complexity index is 414. The van der Waals surface area contributed by atoms with E-state index in [0.29, 0.717) is 31.9 Å². The number of carbonyl (C=O) groups is 1. The number of amides is 1. The Hall–Kier alpha value is -1.42. The molecule has 1 heterocycles. The fourth-order valence-corrected chi connectivity index (χ4v) is 1.88. The molecule has 3 nitrogen and oxygen atoms in total. The van der Waals surface area contributed by atoms with Gasteiger partial charge in [-0.3, -0.25) is 4.79 Å². The van der Waals surface area contributed by atoms with Gasteiger partial charge in [-0.1, -0.05) is 12.1 Å². The SMILES string of the molecule is Cc1ccc(CC(=O)N2CCOCC2)c(F)c1. The molecular formula is C13H16FNO2. The second kappa shape index (κ2) is 5.27. The highest BCUT2D eigenvalue weighted by molar-refractivity contribution is 5.78. The van der Waals surface area contributed by atoms with E-state index in [0.717, 1.165) is 5.56 Å². The van der Waals surface area contributed by atoms with E-state index < -0.39 is 0 Å². The van der Waals surface area contributed by atoms with Gasteiger partial charge < -0.3 is 9.64 Å². The van der Waals surface area contributed by atoms with Gasteiger partial charge in [0, 0.05) is 13.1 Å². The van der Waals surface area contributed by atoms with Gasteiger partial charge in [-0.05, 0) is 24.1 Å². The van der Waals surface area contributed by atoms with Crippen molar-refractivity contribution >= 4 is 5.91 Å². The molecule has 0 radical (unpaired) electrons. The molecule has 0 atom stereocenters. The zero-order valence-corrected chi connectivity index (χ0v) is 9.91. The summed E-state index contributed by atoms with van der Waals surface area (Å²) < 4.78 is 18.8. The standard InChI is InChI=1S/C13H16FNO2/c1-10-2-3-11(12(14)8-10)9-13(16)15-4-6-17-7-5-15/h2-3,8H,4-7,9H2,1H3. The molecule has 1 aliphatic rings. The summed E-state index contributed by atoms with van der Waals surface area (Å²) in [6, 6.07) is 4.97. The fraction of sp³-hybridized carbons (Fsp3) is 0.462. The Morgan fingerprint density at radius 2 is 2.12 bits per heavy atom. The summed E-state index contributed by atoms with van der Waals surface area (Å²) in [7, 11) is 0. The van der Waals surface area contributed by atoms with Crippen molar-refractivity contribution in [3.63, 3.8) is 0 Å². The first kappa shape index (κ1) is 12.0. The van der Waals surface area contributed by atoms with Crippen LogP contribution in [0.4, 0.5) is 4.39 Å². The van der Waals surface area contributed by atoms with E-state index in [4.69, 9.17) is 4.74 Å².